The van der Waals surface area contributed by atoms with Crippen LogP contribution in [0.25, 0.3) is 6.08 Å². The van der Waals surface area contributed by atoms with Crippen LogP contribution in [0.3, 0.4) is 0 Å². The van der Waals surface area contributed by atoms with Crippen LogP contribution < -0.4 is 19.5 Å². The predicted octanol–water partition coefficient (Wildman–Crippen LogP) is 2.83. The molecule has 0 saturated heterocycles. The standard InChI is InChI=1S/C19H22N2O4/c1-4-25-17-11-14(5-8-16(17)23-2)6-9-18(22)20-12-15-7-10-19(24-3)21-13-15/h5-11,13H,4,12H2,1-3H3,(H,20,22)/b9-6+. The molecule has 2 aromatic rings. The van der Waals surface area contributed by atoms with E-state index in [1.54, 1.807) is 32.6 Å². The fourth-order valence-corrected chi connectivity index (χ4v) is 2.12. The zero-order valence-electron chi connectivity index (χ0n) is 14.6. The van der Waals surface area contributed by atoms with E-state index in [1.807, 2.05) is 31.2 Å². The minimum absolute atomic E-state index is 0.190. The van der Waals surface area contributed by atoms with Crippen LogP contribution in [0.15, 0.2) is 42.6 Å². The molecular formula is C19H22N2O4. The molecule has 132 valence electrons. The summed E-state index contributed by atoms with van der Waals surface area (Å²) in [5.41, 5.74) is 1.75. The van der Waals surface area contributed by atoms with E-state index in [0.29, 0.717) is 30.5 Å². The van der Waals surface area contributed by atoms with E-state index in [4.69, 9.17) is 14.2 Å². The lowest BCUT2D eigenvalue weighted by Gasteiger charge is -2.09. The molecule has 1 amide bonds. The number of nitrogens with zero attached hydrogens (tertiary/aromatic N) is 1. The second-order valence-corrected chi connectivity index (χ2v) is 5.10. The zero-order valence-corrected chi connectivity index (χ0v) is 14.6. The predicted molar refractivity (Wildman–Crippen MR) is 95.8 cm³/mol. The van der Waals surface area contributed by atoms with Crippen molar-refractivity contribution in [1.29, 1.82) is 0 Å². The number of carbonyl (C=O) groups excluding carboxylic acids is 1. The van der Waals surface area contributed by atoms with Gasteiger partial charge in [0, 0.05) is 24.9 Å². The number of hydrogen-bond donors (Lipinski definition) is 1. The minimum Gasteiger partial charge on any atom is -0.493 e. The van der Waals surface area contributed by atoms with Crippen molar-refractivity contribution in [3.63, 3.8) is 0 Å². The van der Waals surface area contributed by atoms with Crippen molar-refractivity contribution in [3.8, 4) is 17.4 Å². The molecular weight excluding hydrogens is 320 g/mol. The Balaban J connectivity index is 1.93. The number of rotatable bonds is 8. The maximum absolute atomic E-state index is 11.9. The number of nitrogens with one attached hydrogen (secondary N) is 1. The molecule has 0 aliphatic carbocycles. The Labute approximate surface area is 147 Å². The largest absolute Gasteiger partial charge is 0.493 e. The first kappa shape index (κ1) is 18.3. The summed E-state index contributed by atoms with van der Waals surface area (Å²) in [6, 6.07) is 9.11. The molecule has 0 saturated carbocycles. The van der Waals surface area contributed by atoms with Crippen LogP contribution in [0, 0.1) is 0 Å². The Kier molecular flexibility index (Phi) is 6.83. The van der Waals surface area contributed by atoms with Crippen molar-refractivity contribution in [2.45, 2.75) is 13.5 Å². The smallest absolute Gasteiger partial charge is 0.244 e. The molecule has 0 spiro atoms. The van der Waals surface area contributed by atoms with Gasteiger partial charge in [0.25, 0.3) is 0 Å². The van der Waals surface area contributed by atoms with Crippen LogP contribution in [-0.2, 0) is 11.3 Å². The van der Waals surface area contributed by atoms with E-state index in [2.05, 4.69) is 10.3 Å². The molecule has 0 atom stereocenters. The maximum atomic E-state index is 11.9. The Bertz CT molecular complexity index is 727. The molecule has 0 aliphatic rings. The Morgan fingerprint density at radius 2 is 2.00 bits per heavy atom. The van der Waals surface area contributed by atoms with Crippen LogP contribution in [0.4, 0.5) is 0 Å². The van der Waals surface area contributed by atoms with Gasteiger partial charge in [-0.2, -0.15) is 0 Å². The number of hydrogen-bond acceptors (Lipinski definition) is 5. The van der Waals surface area contributed by atoms with Gasteiger partial charge in [0.1, 0.15) is 0 Å². The van der Waals surface area contributed by atoms with Crippen LogP contribution in [0.5, 0.6) is 17.4 Å². The summed E-state index contributed by atoms with van der Waals surface area (Å²) in [4.78, 5) is 16.0. The normalized spacial score (nSPS) is 10.5. The molecule has 6 nitrogen and oxygen atoms in total. The van der Waals surface area contributed by atoms with Gasteiger partial charge in [-0.15, -0.1) is 0 Å². The summed E-state index contributed by atoms with van der Waals surface area (Å²) in [6.45, 7) is 2.84. The molecule has 0 aliphatic heterocycles. The van der Waals surface area contributed by atoms with Crippen molar-refractivity contribution < 1.29 is 19.0 Å². The summed E-state index contributed by atoms with van der Waals surface area (Å²) in [5.74, 6) is 1.66. The number of amides is 1. The first-order chi connectivity index (χ1) is 12.2. The topological polar surface area (TPSA) is 69.7 Å². The summed E-state index contributed by atoms with van der Waals surface area (Å²) >= 11 is 0. The third kappa shape index (κ3) is 5.53. The van der Waals surface area contributed by atoms with E-state index in [9.17, 15) is 4.79 Å². The van der Waals surface area contributed by atoms with Crippen molar-refractivity contribution in [1.82, 2.24) is 10.3 Å². The molecule has 1 N–H and O–H groups in total. The highest BCUT2D eigenvalue weighted by Gasteiger charge is 2.04. The second-order valence-electron chi connectivity index (χ2n) is 5.10. The number of benzene rings is 1. The van der Waals surface area contributed by atoms with Gasteiger partial charge < -0.3 is 19.5 Å². The molecule has 0 unspecified atom stereocenters. The average molecular weight is 342 g/mol. The minimum atomic E-state index is -0.190. The van der Waals surface area contributed by atoms with Crippen molar-refractivity contribution in [2.24, 2.45) is 0 Å². The van der Waals surface area contributed by atoms with E-state index in [0.717, 1.165) is 11.1 Å². The average Bonchev–Trinajstić information content (AvgIpc) is 2.65. The Morgan fingerprint density at radius 1 is 1.16 bits per heavy atom. The van der Waals surface area contributed by atoms with Crippen LogP contribution in [0.2, 0.25) is 0 Å². The number of methoxy groups -OCH3 is 2. The molecule has 0 fully saturated rings. The summed E-state index contributed by atoms with van der Waals surface area (Å²) in [5, 5.41) is 2.81. The highest BCUT2D eigenvalue weighted by Crippen LogP contribution is 2.28. The molecule has 0 bridgehead atoms. The van der Waals surface area contributed by atoms with Crippen LogP contribution in [-0.4, -0.2) is 31.7 Å². The van der Waals surface area contributed by atoms with Crippen LogP contribution >= 0.6 is 0 Å². The molecule has 1 heterocycles. The van der Waals surface area contributed by atoms with Gasteiger partial charge in [0.2, 0.25) is 11.8 Å². The number of pyridine rings is 1. The third-order valence-corrected chi connectivity index (χ3v) is 3.39. The van der Waals surface area contributed by atoms with Crippen LogP contribution in [0.1, 0.15) is 18.1 Å². The zero-order chi connectivity index (χ0) is 18.1. The molecule has 6 heteroatoms. The Hall–Kier alpha value is -3.02. The molecule has 25 heavy (non-hydrogen) atoms. The van der Waals surface area contributed by atoms with Crippen molar-refractivity contribution in [3.05, 3.63) is 53.7 Å². The first-order valence-corrected chi connectivity index (χ1v) is 7.92. The SMILES string of the molecule is CCOc1cc(/C=C/C(=O)NCc2ccc(OC)nc2)ccc1OC. The quantitative estimate of drug-likeness (QED) is 0.747. The van der Waals surface area contributed by atoms with Gasteiger partial charge in [-0.3, -0.25) is 4.79 Å². The van der Waals surface area contributed by atoms with E-state index >= 15 is 0 Å². The lowest BCUT2D eigenvalue weighted by atomic mass is 10.2. The van der Waals surface area contributed by atoms with E-state index < -0.39 is 0 Å². The third-order valence-electron chi connectivity index (χ3n) is 3.39. The fourth-order valence-electron chi connectivity index (χ4n) is 2.12. The molecule has 1 aromatic heterocycles. The van der Waals surface area contributed by atoms with Crippen molar-refractivity contribution >= 4 is 12.0 Å². The number of ether oxygens (including phenoxy) is 3. The lowest BCUT2D eigenvalue weighted by molar-refractivity contribution is -0.116. The monoisotopic (exact) mass is 342 g/mol. The van der Waals surface area contributed by atoms with Gasteiger partial charge in [0.05, 0.1) is 20.8 Å². The van der Waals surface area contributed by atoms with E-state index in [-0.39, 0.29) is 5.91 Å². The highest BCUT2D eigenvalue weighted by atomic mass is 16.5. The molecule has 1 aromatic carbocycles. The van der Waals surface area contributed by atoms with Gasteiger partial charge in [-0.1, -0.05) is 12.1 Å². The second kappa shape index (κ2) is 9.32. The lowest BCUT2D eigenvalue weighted by Crippen LogP contribution is -2.20. The van der Waals surface area contributed by atoms with E-state index in [1.165, 1.54) is 6.08 Å². The van der Waals surface area contributed by atoms with Gasteiger partial charge in [-0.05, 0) is 36.3 Å². The maximum Gasteiger partial charge on any atom is 0.244 e. The summed E-state index contributed by atoms with van der Waals surface area (Å²) < 4.78 is 15.8. The van der Waals surface area contributed by atoms with Crippen molar-refractivity contribution in [2.75, 3.05) is 20.8 Å². The van der Waals surface area contributed by atoms with Gasteiger partial charge in [-0.25, -0.2) is 4.98 Å². The summed E-state index contributed by atoms with van der Waals surface area (Å²) in [6.07, 6.45) is 4.87. The number of aromatic nitrogens is 1. The number of carbonyl (C=O) groups is 1. The molecule has 0 radical (unpaired) electrons. The van der Waals surface area contributed by atoms with Gasteiger partial charge >= 0.3 is 0 Å². The van der Waals surface area contributed by atoms with Gasteiger partial charge in [0.15, 0.2) is 11.5 Å². The highest BCUT2D eigenvalue weighted by molar-refractivity contribution is 5.91. The Morgan fingerprint density at radius 3 is 2.64 bits per heavy atom. The molecule has 2 rings (SSSR count). The fraction of sp³-hybridized carbons (Fsp3) is 0.263. The first-order valence-electron chi connectivity index (χ1n) is 7.92. The summed E-state index contributed by atoms with van der Waals surface area (Å²) in [7, 11) is 3.15.